The molecule has 0 saturated carbocycles. The molecule has 108 valence electrons. The SMILES string of the molecule is CCC(CCO)CNc1cc(S(N)(=O)=O)ccc1N. The highest BCUT2D eigenvalue weighted by Crippen LogP contribution is 2.23. The maximum Gasteiger partial charge on any atom is 0.238 e. The lowest BCUT2D eigenvalue weighted by Gasteiger charge is -2.16. The highest BCUT2D eigenvalue weighted by molar-refractivity contribution is 7.89. The van der Waals surface area contributed by atoms with Gasteiger partial charge < -0.3 is 16.2 Å². The molecule has 0 aromatic heterocycles. The predicted molar refractivity (Wildman–Crippen MR) is 76.2 cm³/mol. The van der Waals surface area contributed by atoms with E-state index in [1.807, 2.05) is 6.92 Å². The van der Waals surface area contributed by atoms with Gasteiger partial charge in [-0.25, -0.2) is 13.6 Å². The first kappa shape index (κ1) is 15.7. The maximum absolute atomic E-state index is 11.3. The molecular formula is C12H21N3O3S. The van der Waals surface area contributed by atoms with Gasteiger partial charge in [-0.1, -0.05) is 13.3 Å². The van der Waals surface area contributed by atoms with Crippen molar-refractivity contribution in [3.05, 3.63) is 18.2 Å². The third-order valence-electron chi connectivity index (χ3n) is 3.05. The molecule has 0 bridgehead atoms. The normalized spacial score (nSPS) is 13.2. The van der Waals surface area contributed by atoms with Crippen LogP contribution in [0.1, 0.15) is 19.8 Å². The molecule has 0 saturated heterocycles. The van der Waals surface area contributed by atoms with Gasteiger partial charge in [0.05, 0.1) is 16.3 Å². The van der Waals surface area contributed by atoms with Crippen LogP contribution in [0.4, 0.5) is 11.4 Å². The molecule has 0 radical (unpaired) electrons. The Kier molecular flexibility index (Phi) is 5.59. The molecule has 1 unspecified atom stereocenters. The molecule has 0 aliphatic heterocycles. The molecule has 1 aromatic carbocycles. The Morgan fingerprint density at radius 2 is 2.11 bits per heavy atom. The molecule has 19 heavy (non-hydrogen) atoms. The number of hydrogen-bond donors (Lipinski definition) is 4. The van der Waals surface area contributed by atoms with Crippen molar-refractivity contribution in [2.75, 3.05) is 24.2 Å². The number of hydrogen-bond acceptors (Lipinski definition) is 5. The van der Waals surface area contributed by atoms with Crippen LogP contribution in [0.25, 0.3) is 0 Å². The first-order valence-corrected chi connectivity index (χ1v) is 7.70. The Morgan fingerprint density at radius 3 is 2.63 bits per heavy atom. The zero-order valence-corrected chi connectivity index (χ0v) is 11.8. The van der Waals surface area contributed by atoms with Gasteiger partial charge in [0, 0.05) is 13.2 Å². The van der Waals surface area contributed by atoms with E-state index in [1.165, 1.54) is 18.2 Å². The quantitative estimate of drug-likeness (QED) is 0.551. The number of anilines is 2. The van der Waals surface area contributed by atoms with Gasteiger partial charge in [0.15, 0.2) is 0 Å². The number of nitrogen functional groups attached to an aromatic ring is 1. The topological polar surface area (TPSA) is 118 Å². The van der Waals surface area contributed by atoms with E-state index in [9.17, 15) is 8.42 Å². The van der Waals surface area contributed by atoms with Crippen LogP contribution < -0.4 is 16.2 Å². The summed E-state index contributed by atoms with van der Waals surface area (Å²) in [4.78, 5) is 0.0272. The van der Waals surface area contributed by atoms with Crippen molar-refractivity contribution < 1.29 is 13.5 Å². The second-order valence-corrected chi connectivity index (χ2v) is 6.02. The molecule has 6 N–H and O–H groups in total. The van der Waals surface area contributed by atoms with E-state index >= 15 is 0 Å². The van der Waals surface area contributed by atoms with Gasteiger partial charge in [-0.05, 0) is 30.5 Å². The van der Waals surface area contributed by atoms with Crippen LogP contribution in [0.15, 0.2) is 23.1 Å². The smallest absolute Gasteiger partial charge is 0.238 e. The van der Waals surface area contributed by atoms with Gasteiger partial charge in [0.2, 0.25) is 10.0 Å². The number of sulfonamides is 1. The fourth-order valence-electron chi connectivity index (χ4n) is 1.75. The minimum Gasteiger partial charge on any atom is -0.397 e. The van der Waals surface area contributed by atoms with Gasteiger partial charge in [-0.15, -0.1) is 0 Å². The molecule has 1 rings (SSSR count). The van der Waals surface area contributed by atoms with Crippen molar-refractivity contribution in [1.82, 2.24) is 0 Å². The minimum absolute atomic E-state index is 0.0272. The van der Waals surface area contributed by atoms with Crippen LogP contribution >= 0.6 is 0 Å². The molecular weight excluding hydrogens is 266 g/mol. The summed E-state index contributed by atoms with van der Waals surface area (Å²) in [5, 5.41) is 17.1. The molecule has 0 fully saturated rings. The second kappa shape index (κ2) is 6.74. The number of aliphatic hydroxyl groups excluding tert-OH is 1. The molecule has 0 amide bonds. The van der Waals surface area contributed by atoms with E-state index in [4.69, 9.17) is 16.0 Å². The molecule has 0 heterocycles. The standard InChI is InChI=1S/C12H21N3O3S/c1-2-9(5-6-16)8-15-12-7-10(19(14,17)18)3-4-11(12)13/h3-4,7,9,15-16H,2,5-6,8,13H2,1H3,(H2,14,17,18). The largest absolute Gasteiger partial charge is 0.397 e. The van der Waals surface area contributed by atoms with Crippen LogP contribution in [0, 0.1) is 5.92 Å². The van der Waals surface area contributed by atoms with Crippen molar-refractivity contribution in [2.45, 2.75) is 24.7 Å². The second-order valence-electron chi connectivity index (χ2n) is 4.46. The zero-order chi connectivity index (χ0) is 14.5. The van der Waals surface area contributed by atoms with E-state index in [2.05, 4.69) is 5.32 Å². The zero-order valence-electron chi connectivity index (χ0n) is 11.0. The highest BCUT2D eigenvalue weighted by atomic mass is 32.2. The van der Waals surface area contributed by atoms with E-state index in [0.717, 1.165) is 6.42 Å². The maximum atomic E-state index is 11.3. The van der Waals surface area contributed by atoms with Gasteiger partial charge in [0.25, 0.3) is 0 Å². The van der Waals surface area contributed by atoms with Crippen LogP contribution in [0.3, 0.4) is 0 Å². The Hall–Kier alpha value is -1.31. The average molecular weight is 287 g/mol. The Balaban J connectivity index is 2.83. The van der Waals surface area contributed by atoms with E-state index in [1.54, 1.807) is 0 Å². The van der Waals surface area contributed by atoms with Crippen molar-refractivity contribution in [2.24, 2.45) is 11.1 Å². The van der Waals surface area contributed by atoms with Gasteiger partial charge in [-0.3, -0.25) is 0 Å². The molecule has 0 aliphatic rings. The van der Waals surface area contributed by atoms with Crippen molar-refractivity contribution in [1.29, 1.82) is 0 Å². The third-order valence-corrected chi connectivity index (χ3v) is 3.96. The minimum atomic E-state index is -3.73. The van der Waals surface area contributed by atoms with Crippen molar-refractivity contribution in [3.63, 3.8) is 0 Å². The monoisotopic (exact) mass is 287 g/mol. The van der Waals surface area contributed by atoms with E-state index in [0.29, 0.717) is 30.3 Å². The molecule has 7 heteroatoms. The Labute approximate surface area is 113 Å². The lowest BCUT2D eigenvalue weighted by Crippen LogP contribution is -2.17. The van der Waals surface area contributed by atoms with Crippen LogP contribution in [0.2, 0.25) is 0 Å². The number of nitrogens with one attached hydrogen (secondary N) is 1. The first-order valence-electron chi connectivity index (χ1n) is 6.15. The number of aliphatic hydroxyl groups is 1. The van der Waals surface area contributed by atoms with Crippen molar-refractivity contribution in [3.8, 4) is 0 Å². The van der Waals surface area contributed by atoms with Gasteiger partial charge >= 0.3 is 0 Å². The first-order chi connectivity index (χ1) is 8.88. The van der Waals surface area contributed by atoms with E-state index in [-0.39, 0.29) is 11.5 Å². The molecule has 6 nitrogen and oxygen atoms in total. The van der Waals surface area contributed by atoms with Gasteiger partial charge in [0.1, 0.15) is 0 Å². The number of nitrogens with two attached hydrogens (primary N) is 2. The van der Waals surface area contributed by atoms with Gasteiger partial charge in [-0.2, -0.15) is 0 Å². The number of benzene rings is 1. The fraction of sp³-hybridized carbons (Fsp3) is 0.500. The molecule has 0 aliphatic carbocycles. The number of rotatable bonds is 7. The summed E-state index contributed by atoms with van der Waals surface area (Å²) in [6.07, 6.45) is 1.61. The third kappa shape index (κ3) is 4.70. The average Bonchev–Trinajstić information content (AvgIpc) is 2.34. The fourth-order valence-corrected chi connectivity index (χ4v) is 2.29. The summed E-state index contributed by atoms with van der Waals surface area (Å²) in [7, 11) is -3.73. The van der Waals surface area contributed by atoms with E-state index < -0.39 is 10.0 Å². The summed E-state index contributed by atoms with van der Waals surface area (Å²) in [6.45, 7) is 2.79. The highest BCUT2D eigenvalue weighted by Gasteiger charge is 2.11. The Morgan fingerprint density at radius 1 is 1.42 bits per heavy atom. The summed E-state index contributed by atoms with van der Waals surface area (Å²) in [6, 6.07) is 4.31. The number of primary sulfonamides is 1. The van der Waals surface area contributed by atoms with Crippen molar-refractivity contribution >= 4 is 21.4 Å². The van der Waals surface area contributed by atoms with Crippen LogP contribution in [-0.4, -0.2) is 26.7 Å². The van der Waals surface area contributed by atoms with Crippen LogP contribution in [-0.2, 0) is 10.0 Å². The molecule has 0 spiro atoms. The Bertz CT molecular complexity index is 517. The summed E-state index contributed by atoms with van der Waals surface area (Å²) in [5.41, 5.74) is 6.80. The lowest BCUT2D eigenvalue weighted by molar-refractivity contribution is 0.258. The summed E-state index contributed by atoms with van der Waals surface area (Å²) < 4.78 is 22.5. The molecule has 1 aromatic rings. The molecule has 1 atom stereocenters. The predicted octanol–water partition coefficient (Wildman–Crippen LogP) is 0.737. The summed E-state index contributed by atoms with van der Waals surface area (Å²) in [5.74, 6) is 0.308. The lowest BCUT2D eigenvalue weighted by atomic mass is 10.0. The van der Waals surface area contributed by atoms with Crippen LogP contribution in [0.5, 0.6) is 0 Å². The summed E-state index contributed by atoms with van der Waals surface area (Å²) >= 11 is 0.